The van der Waals surface area contributed by atoms with Crippen LogP contribution in [0.1, 0.15) is 47.5 Å². The summed E-state index contributed by atoms with van der Waals surface area (Å²) in [6, 6.07) is 0. The molecule has 0 aromatic carbocycles. The first-order valence-electron chi connectivity index (χ1n) is 7.11. The van der Waals surface area contributed by atoms with Crippen LogP contribution in [0.4, 0.5) is 0 Å². The fraction of sp³-hybridized carbons (Fsp3) is 1.00. The lowest BCUT2D eigenvalue weighted by atomic mass is 9.83. The van der Waals surface area contributed by atoms with Crippen molar-refractivity contribution in [2.75, 3.05) is 25.5 Å². The Balaban J connectivity index is 2.63. The Labute approximate surface area is 118 Å². The van der Waals surface area contributed by atoms with Gasteiger partial charge in [0, 0.05) is 24.1 Å². The maximum atomic E-state index is 12.0. The van der Waals surface area contributed by atoms with Gasteiger partial charge in [-0.1, -0.05) is 0 Å². The quantitative estimate of drug-likeness (QED) is 0.813. The van der Waals surface area contributed by atoms with Gasteiger partial charge >= 0.3 is 0 Å². The predicted molar refractivity (Wildman–Crippen MR) is 79.2 cm³/mol. The summed E-state index contributed by atoms with van der Waals surface area (Å²) in [4.78, 5) is 0. The van der Waals surface area contributed by atoms with E-state index in [4.69, 9.17) is 4.74 Å². The molecule has 0 aromatic rings. The van der Waals surface area contributed by atoms with Crippen LogP contribution in [0, 0.1) is 5.41 Å². The number of nitrogens with one attached hydrogen (secondary N) is 1. The van der Waals surface area contributed by atoms with E-state index in [0.29, 0.717) is 13.0 Å². The second kappa shape index (κ2) is 6.10. The van der Waals surface area contributed by atoms with Gasteiger partial charge in [0.05, 0.1) is 17.6 Å². The number of hydrogen-bond donors (Lipinski definition) is 1. The minimum atomic E-state index is -2.96. The molecule has 1 N–H and O–H groups in total. The van der Waals surface area contributed by atoms with Crippen molar-refractivity contribution in [1.82, 2.24) is 5.32 Å². The van der Waals surface area contributed by atoms with Crippen molar-refractivity contribution >= 4 is 9.84 Å². The maximum absolute atomic E-state index is 12.0. The molecule has 0 spiro atoms. The van der Waals surface area contributed by atoms with Crippen LogP contribution in [0.25, 0.3) is 0 Å². The highest BCUT2D eigenvalue weighted by molar-refractivity contribution is 7.91. The molecule has 1 aliphatic rings. The van der Waals surface area contributed by atoms with Crippen molar-refractivity contribution in [3.8, 4) is 0 Å². The number of hydrogen-bond acceptors (Lipinski definition) is 4. The fourth-order valence-corrected chi connectivity index (χ4v) is 3.31. The van der Waals surface area contributed by atoms with Crippen molar-refractivity contribution in [3.05, 3.63) is 0 Å². The van der Waals surface area contributed by atoms with Gasteiger partial charge in [-0.2, -0.15) is 0 Å². The smallest absolute Gasteiger partial charge is 0.152 e. The zero-order valence-corrected chi connectivity index (χ0v) is 13.8. The highest BCUT2D eigenvalue weighted by Crippen LogP contribution is 2.33. The molecule has 1 heterocycles. The first-order chi connectivity index (χ1) is 8.56. The van der Waals surface area contributed by atoms with E-state index in [1.54, 1.807) is 13.8 Å². The molecule has 4 nitrogen and oxygen atoms in total. The summed E-state index contributed by atoms with van der Waals surface area (Å²) >= 11 is 0. The van der Waals surface area contributed by atoms with Crippen molar-refractivity contribution in [2.24, 2.45) is 5.41 Å². The summed E-state index contributed by atoms with van der Waals surface area (Å²) in [6.45, 7) is 12.1. The van der Waals surface area contributed by atoms with E-state index in [0.717, 1.165) is 19.6 Å². The van der Waals surface area contributed by atoms with E-state index in [2.05, 4.69) is 26.1 Å². The molecule has 114 valence electrons. The van der Waals surface area contributed by atoms with Crippen LogP contribution in [-0.2, 0) is 14.6 Å². The minimum absolute atomic E-state index is 0.0186. The number of rotatable bonds is 6. The SMILES string of the molecule is CC(C)S(=O)(=O)CCC1(CNC(C)(C)C)CCOC1. The zero-order chi connectivity index (χ0) is 14.7. The lowest BCUT2D eigenvalue weighted by molar-refractivity contribution is 0.142. The average molecular weight is 291 g/mol. The first kappa shape index (κ1) is 16.9. The molecule has 19 heavy (non-hydrogen) atoms. The second-order valence-corrected chi connectivity index (χ2v) is 9.75. The van der Waals surface area contributed by atoms with Crippen LogP contribution in [0.3, 0.4) is 0 Å². The van der Waals surface area contributed by atoms with Gasteiger partial charge in [0.1, 0.15) is 0 Å². The largest absolute Gasteiger partial charge is 0.381 e. The Bertz CT molecular complexity index is 376. The Kier molecular flexibility index (Phi) is 5.43. The van der Waals surface area contributed by atoms with Crippen LogP contribution in [0.5, 0.6) is 0 Å². The number of ether oxygens (including phenoxy) is 1. The molecule has 0 amide bonds. The highest BCUT2D eigenvalue weighted by Gasteiger charge is 2.37. The third-order valence-electron chi connectivity index (χ3n) is 3.81. The summed E-state index contributed by atoms with van der Waals surface area (Å²) in [5.74, 6) is 0.264. The van der Waals surface area contributed by atoms with E-state index in [1.165, 1.54) is 0 Å². The van der Waals surface area contributed by atoms with Gasteiger partial charge in [-0.3, -0.25) is 0 Å². The molecule has 1 fully saturated rings. The topological polar surface area (TPSA) is 55.4 Å². The summed E-state index contributed by atoms with van der Waals surface area (Å²) in [5.41, 5.74) is 0.0295. The van der Waals surface area contributed by atoms with Gasteiger partial charge in [0.25, 0.3) is 0 Å². The van der Waals surface area contributed by atoms with E-state index < -0.39 is 9.84 Å². The van der Waals surface area contributed by atoms with Gasteiger partial charge in [-0.25, -0.2) is 8.42 Å². The molecular weight excluding hydrogens is 262 g/mol. The molecule has 5 heteroatoms. The van der Waals surface area contributed by atoms with Gasteiger partial charge in [-0.15, -0.1) is 0 Å². The second-order valence-electron chi connectivity index (χ2n) is 7.07. The predicted octanol–water partition coefficient (Wildman–Crippen LogP) is 1.99. The number of sulfone groups is 1. The van der Waals surface area contributed by atoms with Crippen LogP contribution in [0.2, 0.25) is 0 Å². The normalized spacial score (nSPS) is 25.2. The summed E-state index contributed by atoms with van der Waals surface area (Å²) in [5, 5.41) is 3.21. The first-order valence-corrected chi connectivity index (χ1v) is 8.82. The molecule has 0 aromatic heterocycles. The average Bonchev–Trinajstić information content (AvgIpc) is 2.72. The molecule has 1 saturated heterocycles. The Morgan fingerprint density at radius 2 is 1.95 bits per heavy atom. The summed E-state index contributed by atoms with van der Waals surface area (Å²) in [7, 11) is -2.96. The molecule has 1 atom stereocenters. The van der Waals surface area contributed by atoms with Crippen LogP contribution >= 0.6 is 0 Å². The maximum Gasteiger partial charge on any atom is 0.152 e. The van der Waals surface area contributed by atoms with Crippen molar-refractivity contribution in [1.29, 1.82) is 0 Å². The third kappa shape index (κ3) is 5.40. The minimum Gasteiger partial charge on any atom is -0.381 e. The molecule has 0 bridgehead atoms. The van der Waals surface area contributed by atoms with Crippen LogP contribution < -0.4 is 5.32 Å². The Hall–Kier alpha value is -0.130. The lowest BCUT2D eigenvalue weighted by Crippen LogP contribution is -2.45. The molecule has 0 aliphatic carbocycles. The van der Waals surface area contributed by atoms with Gasteiger partial charge in [-0.05, 0) is 47.5 Å². The van der Waals surface area contributed by atoms with E-state index >= 15 is 0 Å². The molecular formula is C14H29NO3S. The van der Waals surface area contributed by atoms with Crippen molar-refractivity contribution < 1.29 is 13.2 Å². The summed E-state index contributed by atoms with van der Waals surface area (Å²) in [6.07, 6.45) is 1.64. The lowest BCUT2D eigenvalue weighted by Gasteiger charge is -2.32. The van der Waals surface area contributed by atoms with Crippen molar-refractivity contribution in [3.63, 3.8) is 0 Å². The van der Waals surface area contributed by atoms with Crippen molar-refractivity contribution in [2.45, 2.75) is 58.2 Å². The third-order valence-corrected chi connectivity index (χ3v) is 6.02. The van der Waals surface area contributed by atoms with Crippen LogP contribution in [-0.4, -0.2) is 44.7 Å². The van der Waals surface area contributed by atoms with E-state index in [-0.39, 0.29) is 22.0 Å². The Morgan fingerprint density at radius 3 is 2.37 bits per heavy atom. The monoisotopic (exact) mass is 291 g/mol. The van der Waals surface area contributed by atoms with Crippen LogP contribution in [0.15, 0.2) is 0 Å². The molecule has 1 unspecified atom stereocenters. The Morgan fingerprint density at radius 1 is 1.32 bits per heavy atom. The highest BCUT2D eigenvalue weighted by atomic mass is 32.2. The molecule has 1 aliphatic heterocycles. The van der Waals surface area contributed by atoms with Gasteiger partial charge in [0.15, 0.2) is 9.84 Å². The molecule has 0 saturated carbocycles. The zero-order valence-electron chi connectivity index (χ0n) is 13.0. The van der Waals surface area contributed by atoms with E-state index in [9.17, 15) is 8.42 Å². The fourth-order valence-electron chi connectivity index (χ4n) is 2.12. The summed E-state index contributed by atoms with van der Waals surface area (Å²) < 4.78 is 29.5. The van der Waals surface area contributed by atoms with Gasteiger partial charge < -0.3 is 10.1 Å². The van der Waals surface area contributed by atoms with Gasteiger partial charge in [0.2, 0.25) is 0 Å². The standard InChI is InChI=1S/C14H29NO3S/c1-12(2)19(16,17)9-7-14(6-8-18-11-14)10-15-13(3,4)5/h12,15H,6-11H2,1-5H3. The van der Waals surface area contributed by atoms with E-state index in [1.807, 2.05) is 0 Å². The molecule has 0 radical (unpaired) electrons. The molecule has 1 rings (SSSR count).